The van der Waals surface area contributed by atoms with Crippen LogP contribution in [0.25, 0.3) is 0 Å². The highest BCUT2D eigenvalue weighted by Crippen LogP contribution is 2.42. The van der Waals surface area contributed by atoms with E-state index in [0.29, 0.717) is 0 Å². The van der Waals surface area contributed by atoms with Crippen molar-refractivity contribution in [2.45, 2.75) is 25.5 Å². The number of cyclic esters (lactones) is 1. The summed E-state index contributed by atoms with van der Waals surface area (Å²) in [5.74, 6) is 0.247. The molecule has 108 valence electrons. The second kappa shape index (κ2) is 5.24. The van der Waals surface area contributed by atoms with E-state index in [4.69, 9.17) is 4.74 Å². The summed E-state index contributed by atoms with van der Waals surface area (Å²) in [6.07, 6.45) is -0.360. The van der Waals surface area contributed by atoms with Crippen molar-refractivity contribution in [2.75, 3.05) is 0 Å². The maximum absolute atomic E-state index is 12.0. The van der Waals surface area contributed by atoms with Crippen molar-refractivity contribution in [3.63, 3.8) is 0 Å². The smallest absolute Gasteiger partial charge is 0.408 e. The van der Waals surface area contributed by atoms with Crippen LogP contribution < -0.4 is 5.32 Å². The van der Waals surface area contributed by atoms with Crippen molar-refractivity contribution in [1.82, 2.24) is 5.32 Å². The number of carbonyl (C=O) groups is 1. The molecule has 1 heterocycles. The molecular weight excluding hydrogens is 262 g/mol. The van der Waals surface area contributed by atoms with Crippen LogP contribution in [0.4, 0.5) is 4.79 Å². The number of nitrogens with one attached hydrogen (secondary N) is 1. The minimum Gasteiger partial charge on any atom is -0.431 e. The number of alkyl carbamates (subject to hydrolysis) is 1. The predicted molar refractivity (Wildman–Crippen MR) is 81.9 cm³/mol. The van der Waals surface area contributed by atoms with E-state index in [1.165, 1.54) is 0 Å². The highest BCUT2D eigenvalue weighted by Gasteiger charge is 2.52. The van der Waals surface area contributed by atoms with Gasteiger partial charge in [0.1, 0.15) is 0 Å². The third-order valence-corrected chi connectivity index (χ3v) is 4.04. The lowest BCUT2D eigenvalue weighted by Gasteiger charge is -2.35. The van der Waals surface area contributed by atoms with Crippen molar-refractivity contribution in [2.24, 2.45) is 5.92 Å². The summed E-state index contributed by atoms with van der Waals surface area (Å²) in [6.45, 7) is 4.19. The number of hydrogen-bond acceptors (Lipinski definition) is 2. The van der Waals surface area contributed by atoms with Crippen molar-refractivity contribution >= 4 is 6.09 Å². The number of hydrogen-bond donors (Lipinski definition) is 1. The van der Waals surface area contributed by atoms with E-state index in [1.807, 2.05) is 60.7 Å². The van der Waals surface area contributed by atoms with Gasteiger partial charge in [0.2, 0.25) is 0 Å². The summed E-state index contributed by atoms with van der Waals surface area (Å²) in [4.78, 5) is 12.0. The number of benzene rings is 2. The Kier molecular flexibility index (Phi) is 3.42. The molecule has 0 spiro atoms. The standard InChI is InChI=1S/C18H19NO2/c1-13(2)16-18(21-17(20)19-16,14-9-5-3-6-10-14)15-11-7-4-8-12-15/h3-13,16H,1-2H3,(H,19,20)/t16-/m1/s1. The lowest BCUT2D eigenvalue weighted by molar-refractivity contribution is 0.0584. The number of ether oxygens (including phenoxy) is 1. The molecule has 2 aromatic rings. The van der Waals surface area contributed by atoms with Crippen molar-refractivity contribution in [1.29, 1.82) is 0 Å². The molecule has 0 aromatic heterocycles. The Labute approximate surface area is 124 Å². The monoisotopic (exact) mass is 281 g/mol. The topological polar surface area (TPSA) is 38.3 Å². The lowest BCUT2D eigenvalue weighted by Crippen LogP contribution is -2.45. The van der Waals surface area contributed by atoms with E-state index in [2.05, 4.69) is 19.2 Å². The van der Waals surface area contributed by atoms with Gasteiger partial charge in [-0.25, -0.2) is 4.79 Å². The van der Waals surface area contributed by atoms with Gasteiger partial charge in [-0.3, -0.25) is 0 Å². The molecule has 1 aliphatic heterocycles. The largest absolute Gasteiger partial charge is 0.431 e. The Morgan fingerprint density at radius 3 is 1.86 bits per heavy atom. The molecule has 2 aromatic carbocycles. The minimum absolute atomic E-state index is 0.102. The van der Waals surface area contributed by atoms with E-state index in [-0.39, 0.29) is 18.1 Å². The van der Waals surface area contributed by atoms with E-state index in [0.717, 1.165) is 11.1 Å². The summed E-state index contributed by atoms with van der Waals surface area (Å²) >= 11 is 0. The summed E-state index contributed by atoms with van der Waals surface area (Å²) in [6, 6.07) is 19.8. The molecule has 1 saturated heterocycles. The Hall–Kier alpha value is -2.29. The zero-order valence-electron chi connectivity index (χ0n) is 12.2. The van der Waals surface area contributed by atoms with Crippen molar-refractivity contribution < 1.29 is 9.53 Å². The fraction of sp³-hybridized carbons (Fsp3) is 0.278. The number of amides is 1. The summed E-state index contributed by atoms with van der Waals surface area (Å²) in [5, 5.41) is 2.98. The SMILES string of the molecule is CC(C)[C@H]1NC(=O)OC1(c1ccccc1)c1ccccc1. The second-order valence-electron chi connectivity index (χ2n) is 5.72. The summed E-state index contributed by atoms with van der Waals surface area (Å²) < 4.78 is 5.84. The molecule has 0 aliphatic carbocycles. The van der Waals surface area contributed by atoms with Gasteiger partial charge in [0.15, 0.2) is 5.60 Å². The Morgan fingerprint density at radius 2 is 1.43 bits per heavy atom. The van der Waals surface area contributed by atoms with E-state index in [1.54, 1.807) is 0 Å². The molecule has 0 radical (unpaired) electrons. The molecule has 1 aliphatic rings. The van der Waals surface area contributed by atoms with Gasteiger partial charge in [-0.15, -0.1) is 0 Å². The van der Waals surface area contributed by atoms with Crippen LogP contribution >= 0.6 is 0 Å². The van der Waals surface area contributed by atoms with E-state index < -0.39 is 5.60 Å². The fourth-order valence-corrected chi connectivity index (χ4v) is 3.12. The Bertz CT molecular complexity index is 583. The van der Waals surface area contributed by atoms with Gasteiger partial charge in [0.25, 0.3) is 0 Å². The molecule has 0 saturated carbocycles. The first-order valence-corrected chi connectivity index (χ1v) is 7.25. The fourth-order valence-electron chi connectivity index (χ4n) is 3.12. The van der Waals surface area contributed by atoms with E-state index >= 15 is 0 Å². The Balaban J connectivity index is 2.23. The third-order valence-electron chi connectivity index (χ3n) is 4.04. The second-order valence-corrected chi connectivity index (χ2v) is 5.72. The molecule has 21 heavy (non-hydrogen) atoms. The van der Waals surface area contributed by atoms with Crippen LogP contribution in [0.5, 0.6) is 0 Å². The third kappa shape index (κ3) is 2.19. The van der Waals surface area contributed by atoms with Crippen LogP contribution in [0.3, 0.4) is 0 Å². The van der Waals surface area contributed by atoms with Gasteiger partial charge in [-0.1, -0.05) is 74.5 Å². The molecule has 1 atom stereocenters. The van der Waals surface area contributed by atoms with Gasteiger partial charge < -0.3 is 10.1 Å². The number of carbonyl (C=O) groups excluding carboxylic acids is 1. The minimum atomic E-state index is -0.770. The van der Waals surface area contributed by atoms with E-state index in [9.17, 15) is 4.79 Å². The number of rotatable bonds is 3. The van der Waals surface area contributed by atoms with Crippen LogP contribution in [-0.4, -0.2) is 12.1 Å². The van der Waals surface area contributed by atoms with Crippen LogP contribution in [0, 0.1) is 5.92 Å². The lowest BCUT2D eigenvalue weighted by atomic mass is 9.76. The van der Waals surface area contributed by atoms with Gasteiger partial charge >= 0.3 is 6.09 Å². The molecule has 1 N–H and O–H groups in total. The van der Waals surface area contributed by atoms with Crippen LogP contribution in [0.1, 0.15) is 25.0 Å². The maximum atomic E-state index is 12.0. The molecular formula is C18H19NO2. The normalized spacial score (nSPS) is 20.1. The molecule has 1 fully saturated rings. The summed E-state index contributed by atoms with van der Waals surface area (Å²) in [5.41, 5.74) is 1.22. The predicted octanol–water partition coefficient (Wildman–Crippen LogP) is 3.69. The van der Waals surface area contributed by atoms with Crippen LogP contribution in [0.2, 0.25) is 0 Å². The first-order chi connectivity index (χ1) is 10.1. The average molecular weight is 281 g/mol. The van der Waals surface area contributed by atoms with Crippen LogP contribution in [0.15, 0.2) is 60.7 Å². The highest BCUT2D eigenvalue weighted by molar-refractivity contribution is 5.73. The molecule has 0 unspecified atom stereocenters. The molecule has 1 amide bonds. The quantitative estimate of drug-likeness (QED) is 0.931. The Morgan fingerprint density at radius 1 is 0.952 bits per heavy atom. The zero-order chi connectivity index (χ0) is 14.9. The van der Waals surface area contributed by atoms with Gasteiger partial charge in [0, 0.05) is 11.1 Å². The zero-order valence-corrected chi connectivity index (χ0v) is 12.2. The first kappa shape index (κ1) is 13.7. The van der Waals surface area contributed by atoms with Crippen molar-refractivity contribution in [3.8, 4) is 0 Å². The van der Waals surface area contributed by atoms with Gasteiger partial charge in [-0.05, 0) is 5.92 Å². The molecule has 0 bridgehead atoms. The van der Waals surface area contributed by atoms with Gasteiger partial charge in [-0.2, -0.15) is 0 Å². The highest BCUT2D eigenvalue weighted by atomic mass is 16.6. The van der Waals surface area contributed by atoms with Gasteiger partial charge in [0.05, 0.1) is 6.04 Å². The molecule has 3 nitrogen and oxygen atoms in total. The van der Waals surface area contributed by atoms with Crippen molar-refractivity contribution in [3.05, 3.63) is 71.8 Å². The first-order valence-electron chi connectivity index (χ1n) is 7.25. The maximum Gasteiger partial charge on any atom is 0.408 e. The molecule has 3 heteroatoms. The average Bonchev–Trinajstić information content (AvgIpc) is 2.88. The summed E-state index contributed by atoms with van der Waals surface area (Å²) in [7, 11) is 0. The molecule has 3 rings (SSSR count). The van der Waals surface area contributed by atoms with Crippen LogP contribution in [-0.2, 0) is 10.3 Å².